The van der Waals surface area contributed by atoms with E-state index in [1.165, 1.54) is 17.7 Å². The van der Waals surface area contributed by atoms with Gasteiger partial charge in [-0.1, -0.05) is 43.3 Å². The highest BCUT2D eigenvalue weighted by molar-refractivity contribution is 6.03. The summed E-state index contributed by atoms with van der Waals surface area (Å²) in [6, 6.07) is 21.9. The summed E-state index contributed by atoms with van der Waals surface area (Å²) in [7, 11) is 0. The van der Waals surface area contributed by atoms with Gasteiger partial charge in [0.2, 0.25) is 0 Å². The van der Waals surface area contributed by atoms with E-state index < -0.39 is 4.92 Å². The first-order valence-corrected chi connectivity index (χ1v) is 9.54. The first-order chi connectivity index (χ1) is 14.0. The third kappa shape index (κ3) is 3.82. The quantitative estimate of drug-likeness (QED) is 0.481. The van der Waals surface area contributed by atoms with Gasteiger partial charge in [0.25, 0.3) is 5.69 Å². The fourth-order valence-corrected chi connectivity index (χ4v) is 3.54. The zero-order chi connectivity index (χ0) is 20.4. The Kier molecular flexibility index (Phi) is 4.99. The second kappa shape index (κ2) is 7.75. The zero-order valence-corrected chi connectivity index (χ0v) is 16.0. The molecule has 0 saturated carbocycles. The van der Waals surface area contributed by atoms with E-state index in [9.17, 15) is 15.2 Å². The lowest BCUT2D eigenvalue weighted by Crippen LogP contribution is -2.18. The van der Waals surface area contributed by atoms with Gasteiger partial charge in [-0.2, -0.15) is 5.10 Å². The number of phenolic OH excluding ortho intramolecular Hbond substituents is 1. The number of nitro benzene ring substituents is 1. The van der Waals surface area contributed by atoms with Crippen molar-refractivity contribution in [3.8, 4) is 5.75 Å². The van der Waals surface area contributed by atoms with E-state index in [0.717, 1.165) is 28.9 Å². The Hall–Kier alpha value is -3.67. The zero-order valence-electron chi connectivity index (χ0n) is 16.0. The fraction of sp³-hybridized carbons (Fsp3) is 0.174. The van der Waals surface area contributed by atoms with Crippen molar-refractivity contribution in [3.63, 3.8) is 0 Å². The van der Waals surface area contributed by atoms with E-state index in [0.29, 0.717) is 6.42 Å². The van der Waals surface area contributed by atoms with Crippen LogP contribution in [0.3, 0.4) is 0 Å². The van der Waals surface area contributed by atoms with Crippen LogP contribution in [0.25, 0.3) is 0 Å². The Bertz CT molecular complexity index is 1040. The molecule has 6 heteroatoms. The number of aryl methyl sites for hydroxylation is 1. The molecule has 1 atom stereocenters. The highest BCUT2D eigenvalue weighted by atomic mass is 16.6. The minimum Gasteiger partial charge on any atom is -0.508 e. The van der Waals surface area contributed by atoms with Crippen LogP contribution < -0.4 is 5.01 Å². The monoisotopic (exact) mass is 387 g/mol. The Labute approximate surface area is 168 Å². The minimum atomic E-state index is -0.408. The van der Waals surface area contributed by atoms with Gasteiger partial charge in [0.15, 0.2) is 0 Å². The van der Waals surface area contributed by atoms with E-state index >= 15 is 0 Å². The van der Waals surface area contributed by atoms with Crippen molar-refractivity contribution in [1.82, 2.24) is 0 Å². The van der Waals surface area contributed by atoms with E-state index in [1.807, 2.05) is 17.1 Å². The topological polar surface area (TPSA) is 79.0 Å². The number of aromatic hydroxyl groups is 1. The van der Waals surface area contributed by atoms with Crippen LogP contribution in [0.5, 0.6) is 5.75 Å². The van der Waals surface area contributed by atoms with Gasteiger partial charge in [0.05, 0.1) is 22.4 Å². The first-order valence-electron chi connectivity index (χ1n) is 9.54. The summed E-state index contributed by atoms with van der Waals surface area (Å²) in [5.74, 6) is 0.213. The normalized spacial score (nSPS) is 16.0. The smallest absolute Gasteiger partial charge is 0.269 e. The van der Waals surface area contributed by atoms with Crippen molar-refractivity contribution < 1.29 is 10.0 Å². The number of nitro groups is 1. The number of phenols is 1. The summed E-state index contributed by atoms with van der Waals surface area (Å²) in [6.07, 6.45) is 1.69. The Morgan fingerprint density at radius 2 is 1.69 bits per heavy atom. The van der Waals surface area contributed by atoms with Crippen LogP contribution in [0.1, 0.15) is 36.1 Å². The predicted molar refractivity (Wildman–Crippen MR) is 113 cm³/mol. The third-order valence-electron chi connectivity index (χ3n) is 5.21. The van der Waals surface area contributed by atoms with Crippen molar-refractivity contribution in [3.05, 3.63) is 99.6 Å². The molecule has 6 nitrogen and oxygen atoms in total. The second-order valence-electron chi connectivity index (χ2n) is 7.03. The molecule has 4 rings (SSSR count). The Balaban J connectivity index is 1.71. The average Bonchev–Trinajstić information content (AvgIpc) is 3.20. The largest absolute Gasteiger partial charge is 0.508 e. The summed E-state index contributed by atoms with van der Waals surface area (Å²) in [5, 5.41) is 27.4. The molecule has 3 aromatic rings. The van der Waals surface area contributed by atoms with E-state index in [1.54, 1.807) is 24.3 Å². The van der Waals surface area contributed by atoms with Crippen LogP contribution >= 0.6 is 0 Å². The third-order valence-corrected chi connectivity index (χ3v) is 5.21. The lowest BCUT2D eigenvalue weighted by Gasteiger charge is -2.24. The van der Waals surface area contributed by atoms with Crippen molar-refractivity contribution in [1.29, 1.82) is 0 Å². The van der Waals surface area contributed by atoms with Crippen LogP contribution in [0.15, 0.2) is 77.9 Å². The summed E-state index contributed by atoms with van der Waals surface area (Å²) >= 11 is 0. The number of hydrogen-bond donors (Lipinski definition) is 1. The number of non-ortho nitro benzene ring substituents is 1. The molecule has 146 valence electrons. The molecule has 1 N–H and O–H groups in total. The molecule has 1 aliphatic rings. The molecule has 0 aliphatic carbocycles. The van der Waals surface area contributed by atoms with E-state index in [4.69, 9.17) is 5.10 Å². The Morgan fingerprint density at radius 3 is 2.28 bits per heavy atom. The Morgan fingerprint density at radius 1 is 1.03 bits per heavy atom. The highest BCUT2D eigenvalue weighted by Gasteiger charge is 2.30. The molecular formula is C23H21N3O3. The maximum Gasteiger partial charge on any atom is 0.269 e. The van der Waals surface area contributed by atoms with Gasteiger partial charge >= 0.3 is 0 Å². The summed E-state index contributed by atoms with van der Waals surface area (Å²) in [4.78, 5) is 10.6. The average molecular weight is 387 g/mol. The lowest BCUT2D eigenvalue weighted by molar-refractivity contribution is -0.384. The number of nitrogens with zero attached hydrogens (tertiary/aromatic N) is 3. The number of hydrazone groups is 1. The minimum absolute atomic E-state index is 0.0495. The maximum absolute atomic E-state index is 11.0. The standard InChI is InChI=1S/C23H21N3O3/c1-2-16-3-5-17(6-4-16)22-15-23(18-7-13-21(27)14-8-18)25(24-22)19-9-11-20(12-10-19)26(28)29/h3-14,23,27H,2,15H2,1H3/t23-/m1/s1. The van der Waals surface area contributed by atoms with Crippen LogP contribution in [0.4, 0.5) is 11.4 Å². The number of benzene rings is 3. The van der Waals surface area contributed by atoms with E-state index in [-0.39, 0.29) is 17.5 Å². The maximum atomic E-state index is 11.0. The molecular weight excluding hydrogens is 366 g/mol. The van der Waals surface area contributed by atoms with Gasteiger partial charge in [-0.3, -0.25) is 15.1 Å². The lowest BCUT2D eigenvalue weighted by atomic mass is 9.97. The van der Waals surface area contributed by atoms with E-state index in [2.05, 4.69) is 31.2 Å². The molecule has 0 spiro atoms. The molecule has 0 amide bonds. The summed E-state index contributed by atoms with van der Waals surface area (Å²) in [5.41, 5.74) is 5.15. The number of anilines is 1. The summed E-state index contributed by atoms with van der Waals surface area (Å²) in [6.45, 7) is 2.12. The molecule has 0 unspecified atom stereocenters. The van der Waals surface area contributed by atoms with Crippen LogP contribution in [-0.2, 0) is 6.42 Å². The molecule has 3 aromatic carbocycles. The molecule has 0 saturated heterocycles. The fourth-order valence-electron chi connectivity index (χ4n) is 3.54. The molecule has 29 heavy (non-hydrogen) atoms. The molecule has 1 aliphatic heterocycles. The van der Waals surface area contributed by atoms with Crippen LogP contribution in [0, 0.1) is 10.1 Å². The van der Waals surface area contributed by atoms with Crippen LogP contribution in [-0.4, -0.2) is 15.7 Å². The van der Waals surface area contributed by atoms with Crippen molar-refractivity contribution >= 4 is 17.1 Å². The van der Waals surface area contributed by atoms with Gasteiger partial charge in [0.1, 0.15) is 5.75 Å². The number of rotatable bonds is 5. The highest BCUT2D eigenvalue weighted by Crippen LogP contribution is 2.37. The van der Waals surface area contributed by atoms with Gasteiger partial charge in [-0.25, -0.2) is 0 Å². The van der Waals surface area contributed by atoms with Gasteiger partial charge in [-0.05, 0) is 47.4 Å². The SMILES string of the molecule is CCc1ccc(C2=NN(c3ccc([N+](=O)[O-])cc3)[C@@H](c3ccc(O)cc3)C2)cc1. The van der Waals surface area contributed by atoms with Crippen molar-refractivity contribution in [2.75, 3.05) is 5.01 Å². The predicted octanol–water partition coefficient (Wildman–Crippen LogP) is 5.22. The van der Waals surface area contributed by atoms with Gasteiger partial charge in [0, 0.05) is 18.6 Å². The second-order valence-corrected chi connectivity index (χ2v) is 7.03. The van der Waals surface area contributed by atoms with Crippen molar-refractivity contribution in [2.24, 2.45) is 5.10 Å². The van der Waals surface area contributed by atoms with Gasteiger partial charge < -0.3 is 5.11 Å². The van der Waals surface area contributed by atoms with Crippen LogP contribution in [0.2, 0.25) is 0 Å². The molecule has 1 heterocycles. The number of hydrogen-bond acceptors (Lipinski definition) is 5. The molecule has 0 bridgehead atoms. The molecule has 0 aromatic heterocycles. The molecule has 0 fully saturated rings. The summed E-state index contributed by atoms with van der Waals surface area (Å²) < 4.78 is 0. The molecule has 0 radical (unpaired) electrons. The van der Waals surface area contributed by atoms with Crippen molar-refractivity contribution in [2.45, 2.75) is 25.8 Å². The van der Waals surface area contributed by atoms with Gasteiger partial charge in [-0.15, -0.1) is 0 Å². The first kappa shape index (κ1) is 18.7.